The fraction of sp³-hybridized carbons (Fsp3) is 0.235. The summed E-state index contributed by atoms with van der Waals surface area (Å²) in [5.41, 5.74) is 1.39. The lowest BCUT2D eigenvalue weighted by atomic mass is 10.1. The molecule has 0 aliphatic carbocycles. The molecule has 0 aliphatic heterocycles. The standard InChI is InChI=1S/C17H18FNO3/c1-21-15-6-4-3-5-12(15)10-17(20)19-11-13-9-14(18)7-8-16(13)22-2/h3-9H,10-11H2,1-2H3,(H,19,20). The molecule has 0 fully saturated rings. The molecule has 0 unspecified atom stereocenters. The van der Waals surface area contributed by atoms with E-state index in [-0.39, 0.29) is 24.7 Å². The maximum absolute atomic E-state index is 13.3. The highest BCUT2D eigenvalue weighted by Gasteiger charge is 2.10. The minimum Gasteiger partial charge on any atom is -0.496 e. The second-order valence-corrected chi connectivity index (χ2v) is 4.72. The zero-order chi connectivity index (χ0) is 15.9. The summed E-state index contributed by atoms with van der Waals surface area (Å²) >= 11 is 0. The molecule has 0 saturated heterocycles. The van der Waals surface area contributed by atoms with E-state index in [0.29, 0.717) is 17.1 Å². The summed E-state index contributed by atoms with van der Waals surface area (Å²) in [6, 6.07) is 11.5. The molecule has 4 nitrogen and oxygen atoms in total. The number of carbonyl (C=O) groups excluding carboxylic acids is 1. The van der Waals surface area contributed by atoms with Crippen molar-refractivity contribution in [2.75, 3.05) is 14.2 Å². The Morgan fingerprint density at radius 2 is 1.73 bits per heavy atom. The number of hydrogen-bond acceptors (Lipinski definition) is 3. The number of rotatable bonds is 6. The van der Waals surface area contributed by atoms with Crippen LogP contribution in [0.15, 0.2) is 42.5 Å². The summed E-state index contributed by atoms with van der Waals surface area (Å²) < 4.78 is 23.6. The van der Waals surface area contributed by atoms with Crippen molar-refractivity contribution in [3.05, 3.63) is 59.4 Å². The minimum absolute atomic E-state index is 0.171. The minimum atomic E-state index is -0.366. The molecule has 1 N–H and O–H groups in total. The number of amides is 1. The molecule has 2 aromatic carbocycles. The number of carbonyl (C=O) groups is 1. The molecular formula is C17H18FNO3. The van der Waals surface area contributed by atoms with Crippen molar-refractivity contribution in [2.24, 2.45) is 0 Å². The summed E-state index contributed by atoms with van der Waals surface area (Å²) in [7, 11) is 3.07. The molecule has 0 heterocycles. The first kappa shape index (κ1) is 15.8. The lowest BCUT2D eigenvalue weighted by molar-refractivity contribution is -0.120. The Bertz CT molecular complexity index is 658. The van der Waals surface area contributed by atoms with Crippen LogP contribution in [0.4, 0.5) is 4.39 Å². The molecule has 22 heavy (non-hydrogen) atoms. The number of methoxy groups -OCH3 is 2. The summed E-state index contributed by atoms with van der Waals surface area (Å²) in [4.78, 5) is 12.0. The number of halogens is 1. The monoisotopic (exact) mass is 303 g/mol. The van der Waals surface area contributed by atoms with Gasteiger partial charge in [-0.2, -0.15) is 0 Å². The van der Waals surface area contributed by atoms with Gasteiger partial charge in [0.15, 0.2) is 0 Å². The van der Waals surface area contributed by atoms with Crippen LogP contribution in [0.25, 0.3) is 0 Å². The molecule has 0 saturated carbocycles. The molecule has 0 bridgehead atoms. The van der Waals surface area contributed by atoms with Crippen LogP contribution in [0, 0.1) is 5.82 Å². The summed E-state index contributed by atoms with van der Waals surface area (Å²) in [5.74, 6) is 0.672. The maximum atomic E-state index is 13.3. The van der Waals surface area contributed by atoms with Crippen LogP contribution >= 0.6 is 0 Å². The van der Waals surface area contributed by atoms with Crippen LogP contribution in [0.2, 0.25) is 0 Å². The lowest BCUT2D eigenvalue weighted by Gasteiger charge is -2.11. The molecule has 5 heteroatoms. The molecule has 1 amide bonds. The van der Waals surface area contributed by atoms with Gasteiger partial charge < -0.3 is 14.8 Å². The van der Waals surface area contributed by atoms with Gasteiger partial charge in [0.25, 0.3) is 0 Å². The molecule has 116 valence electrons. The number of ether oxygens (including phenoxy) is 2. The van der Waals surface area contributed by atoms with Crippen LogP contribution in [0.1, 0.15) is 11.1 Å². The molecule has 0 atom stereocenters. The number of para-hydroxylation sites is 1. The SMILES string of the molecule is COc1ccc(F)cc1CNC(=O)Cc1ccccc1OC. The van der Waals surface area contributed by atoms with Crippen LogP contribution < -0.4 is 14.8 Å². The van der Waals surface area contributed by atoms with Gasteiger partial charge in [-0.15, -0.1) is 0 Å². The van der Waals surface area contributed by atoms with Gasteiger partial charge in [0.1, 0.15) is 17.3 Å². The van der Waals surface area contributed by atoms with Gasteiger partial charge >= 0.3 is 0 Å². The third-order valence-corrected chi connectivity index (χ3v) is 3.26. The number of benzene rings is 2. The van der Waals surface area contributed by atoms with Gasteiger partial charge in [0, 0.05) is 17.7 Å². The van der Waals surface area contributed by atoms with E-state index in [4.69, 9.17) is 9.47 Å². The smallest absolute Gasteiger partial charge is 0.224 e. The normalized spacial score (nSPS) is 10.1. The van der Waals surface area contributed by atoms with E-state index in [0.717, 1.165) is 5.56 Å². The van der Waals surface area contributed by atoms with E-state index in [1.807, 2.05) is 18.2 Å². The van der Waals surface area contributed by atoms with Crippen molar-refractivity contribution < 1.29 is 18.7 Å². The zero-order valence-electron chi connectivity index (χ0n) is 12.6. The topological polar surface area (TPSA) is 47.6 Å². The predicted octanol–water partition coefficient (Wildman–Crippen LogP) is 2.70. The van der Waals surface area contributed by atoms with Crippen LogP contribution in [-0.4, -0.2) is 20.1 Å². The quantitative estimate of drug-likeness (QED) is 0.892. The third-order valence-electron chi connectivity index (χ3n) is 3.26. The Labute approximate surface area is 128 Å². The van der Waals surface area contributed by atoms with E-state index in [1.54, 1.807) is 13.2 Å². The van der Waals surface area contributed by atoms with Crippen molar-refractivity contribution in [3.8, 4) is 11.5 Å². The summed E-state index contributed by atoms with van der Waals surface area (Å²) in [6.45, 7) is 0.203. The fourth-order valence-corrected chi connectivity index (χ4v) is 2.16. The summed E-state index contributed by atoms with van der Waals surface area (Å²) in [6.07, 6.45) is 0.196. The number of hydrogen-bond donors (Lipinski definition) is 1. The van der Waals surface area contributed by atoms with Crippen molar-refractivity contribution in [2.45, 2.75) is 13.0 Å². The van der Waals surface area contributed by atoms with E-state index < -0.39 is 0 Å². The first-order valence-electron chi connectivity index (χ1n) is 6.85. The highest BCUT2D eigenvalue weighted by molar-refractivity contribution is 5.79. The van der Waals surface area contributed by atoms with Gasteiger partial charge in [0.05, 0.1) is 20.6 Å². The van der Waals surface area contributed by atoms with Gasteiger partial charge in [-0.3, -0.25) is 4.79 Å². The Morgan fingerprint density at radius 1 is 1.05 bits per heavy atom. The van der Waals surface area contributed by atoms with E-state index in [9.17, 15) is 9.18 Å². The van der Waals surface area contributed by atoms with Gasteiger partial charge in [0.2, 0.25) is 5.91 Å². The van der Waals surface area contributed by atoms with E-state index >= 15 is 0 Å². The van der Waals surface area contributed by atoms with Crippen molar-refractivity contribution >= 4 is 5.91 Å². The Kier molecular flexibility index (Phi) is 5.36. The highest BCUT2D eigenvalue weighted by atomic mass is 19.1. The predicted molar refractivity (Wildman–Crippen MR) is 81.5 cm³/mol. The first-order chi connectivity index (χ1) is 10.6. The van der Waals surface area contributed by atoms with Crippen molar-refractivity contribution in [1.29, 1.82) is 0 Å². The summed E-state index contributed by atoms with van der Waals surface area (Å²) in [5, 5.41) is 2.76. The van der Waals surface area contributed by atoms with Crippen LogP contribution in [0.3, 0.4) is 0 Å². The zero-order valence-corrected chi connectivity index (χ0v) is 12.6. The lowest BCUT2D eigenvalue weighted by Crippen LogP contribution is -2.25. The average molecular weight is 303 g/mol. The average Bonchev–Trinajstić information content (AvgIpc) is 2.53. The maximum Gasteiger partial charge on any atom is 0.224 e. The molecule has 0 radical (unpaired) electrons. The fourth-order valence-electron chi connectivity index (χ4n) is 2.16. The molecule has 0 aromatic heterocycles. The molecule has 2 rings (SSSR count). The van der Waals surface area contributed by atoms with Gasteiger partial charge in [-0.25, -0.2) is 4.39 Å². The Balaban J connectivity index is 2.00. The molecule has 0 aliphatic rings. The molecule has 2 aromatic rings. The third kappa shape index (κ3) is 3.97. The largest absolute Gasteiger partial charge is 0.496 e. The Hall–Kier alpha value is -2.56. The van der Waals surface area contributed by atoms with E-state index in [1.165, 1.54) is 25.3 Å². The molecular weight excluding hydrogens is 285 g/mol. The van der Waals surface area contributed by atoms with Crippen LogP contribution in [-0.2, 0) is 17.8 Å². The first-order valence-corrected chi connectivity index (χ1v) is 6.85. The second-order valence-electron chi connectivity index (χ2n) is 4.72. The molecule has 0 spiro atoms. The van der Waals surface area contributed by atoms with Crippen molar-refractivity contribution in [3.63, 3.8) is 0 Å². The van der Waals surface area contributed by atoms with Crippen molar-refractivity contribution in [1.82, 2.24) is 5.32 Å². The highest BCUT2D eigenvalue weighted by Crippen LogP contribution is 2.20. The second kappa shape index (κ2) is 7.45. The van der Waals surface area contributed by atoms with Gasteiger partial charge in [-0.1, -0.05) is 18.2 Å². The van der Waals surface area contributed by atoms with Gasteiger partial charge in [-0.05, 0) is 24.3 Å². The Morgan fingerprint density at radius 3 is 2.45 bits per heavy atom. The van der Waals surface area contributed by atoms with Crippen LogP contribution in [0.5, 0.6) is 11.5 Å². The number of nitrogens with one attached hydrogen (secondary N) is 1. The van der Waals surface area contributed by atoms with E-state index in [2.05, 4.69) is 5.32 Å².